The van der Waals surface area contributed by atoms with Crippen molar-refractivity contribution in [2.75, 3.05) is 6.54 Å². The minimum Gasteiger partial charge on any atom is -0.426 e. The highest BCUT2D eigenvalue weighted by Gasteiger charge is 2.29. The van der Waals surface area contributed by atoms with Gasteiger partial charge >= 0.3 is 5.97 Å². The number of Topliss-reactive ketones (excluding diaryl/α,β-unsaturated/α-hetero) is 1. The molecule has 0 unspecified atom stereocenters. The molecule has 0 radical (unpaired) electrons. The molecular weight excluding hydrogens is 266 g/mol. The van der Waals surface area contributed by atoms with Crippen molar-refractivity contribution in [1.82, 2.24) is 0 Å². The van der Waals surface area contributed by atoms with Crippen molar-refractivity contribution in [3.8, 4) is 5.75 Å². The molecular formula is C17H25NO3. The van der Waals surface area contributed by atoms with Gasteiger partial charge in [0, 0.05) is 23.9 Å². The van der Waals surface area contributed by atoms with E-state index in [-0.39, 0.29) is 30.1 Å². The maximum Gasteiger partial charge on any atom is 0.312 e. The van der Waals surface area contributed by atoms with Gasteiger partial charge in [-0.3, -0.25) is 9.59 Å². The molecule has 0 spiro atoms. The van der Waals surface area contributed by atoms with Crippen LogP contribution in [-0.4, -0.2) is 18.3 Å². The summed E-state index contributed by atoms with van der Waals surface area (Å²) in [6.45, 7) is 9.75. The molecule has 0 heterocycles. The van der Waals surface area contributed by atoms with Crippen LogP contribution in [0, 0.1) is 13.8 Å². The van der Waals surface area contributed by atoms with Crippen LogP contribution < -0.4 is 10.5 Å². The van der Waals surface area contributed by atoms with Gasteiger partial charge in [0.15, 0.2) is 0 Å². The third-order valence-electron chi connectivity index (χ3n) is 3.38. The van der Waals surface area contributed by atoms with Gasteiger partial charge in [0.1, 0.15) is 11.5 Å². The van der Waals surface area contributed by atoms with Crippen LogP contribution in [0.2, 0.25) is 0 Å². The van der Waals surface area contributed by atoms with Gasteiger partial charge in [0.25, 0.3) is 0 Å². The number of ketones is 1. The van der Waals surface area contributed by atoms with E-state index in [0.29, 0.717) is 12.2 Å². The number of esters is 1. The van der Waals surface area contributed by atoms with Gasteiger partial charge in [-0.25, -0.2) is 0 Å². The minimum atomic E-state index is -0.387. The SMILES string of the molecule is CC(=O)CC(C)(C)c1c(C)cc(C)cc1OC(=O)CCN. The van der Waals surface area contributed by atoms with E-state index in [1.54, 1.807) is 6.92 Å². The number of aryl methyl sites for hydroxylation is 2. The molecule has 116 valence electrons. The lowest BCUT2D eigenvalue weighted by molar-refractivity contribution is -0.134. The lowest BCUT2D eigenvalue weighted by Gasteiger charge is -2.28. The Morgan fingerprint density at radius 3 is 2.38 bits per heavy atom. The minimum absolute atomic E-state index is 0.110. The van der Waals surface area contributed by atoms with Gasteiger partial charge in [0.05, 0.1) is 6.42 Å². The van der Waals surface area contributed by atoms with E-state index in [1.165, 1.54) is 0 Å². The summed E-state index contributed by atoms with van der Waals surface area (Å²) >= 11 is 0. The van der Waals surface area contributed by atoms with Crippen LogP contribution in [0.3, 0.4) is 0 Å². The summed E-state index contributed by atoms with van der Waals surface area (Å²) in [6, 6.07) is 3.89. The smallest absolute Gasteiger partial charge is 0.312 e. The molecule has 1 aromatic carbocycles. The van der Waals surface area contributed by atoms with Crippen molar-refractivity contribution in [3.63, 3.8) is 0 Å². The van der Waals surface area contributed by atoms with Gasteiger partial charge < -0.3 is 10.5 Å². The predicted molar refractivity (Wildman–Crippen MR) is 83.5 cm³/mol. The quantitative estimate of drug-likeness (QED) is 0.646. The number of rotatable bonds is 6. The maximum atomic E-state index is 11.8. The molecule has 0 atom stereocenters. The second-order valence-corrected chi connectivity index (χ2v) is 6.23. The molecule has 0 amide bonds. The second-order valence-electron chi connectivity index (χ2n) is 6.23. The highest BCUT2D eigenvalue weighted by atomic mass is 16.5. The molecule has 0 aliphatic heterocycles. The molecule has 4 heteroatoms. The van der Waals surface area contributed by atoms with Crippen LogP contribution in [-0.2, 0) is 15.0 Å². The van der Waals surface area contributed by atoms with Gasteiger partial charge in [-0.05, 0) is 38.0 Å². The monoisotopic (exact) mass is 291 g/mol. The maximum absolute atomic E-state index is 11.8. The summed E-state index contributed by atoms with van der Waals surface area (Å²) < 4.78 is 5.49. The third-order valence-corrected chi connectivity index (χ3v) is 3.38. The van der Waals surface area contributed by atoms with Crippen molar-refractivity contribution in [1.29, 1.82) is 0 Å². The summed E-state index contributed by atoms with van der Waals surface area (Å²) in [6.07, 6.45) is 0.581. The molecule has 0 fully saturated rings. The number of hydrogen-bond acceptors (Lipinski definition) is 4. The summed E-state index contributed by atoms with van der Waals surface area (Å²) in [5, 5.41) is 0. The predicted octanol–water partition coefficient (Wildman–Crippen LogP) is 2.81. The van der Waals surface area contributed by atoms with E-state index < -0.39 is 0 Å². The zero-order valence-electron chi connectivity index (χ0n) is 13.6. The molecule has 1 rings (SSSR count). The molecule has 0 aliphatic rings. The largest absolute Gasteiger partial charge is 0.426 e. The Bertz CT molecular complexity index is 547. The van der Waals surface area contributed by atoms with Crippen molar-refractivity contribution >= 4 is 11.8 Å². The van der Waals surface area contributed by atoms with Crippen LogP contribution in [0.25, 0.3) is 0 Å². The highest BCUT2D eigenvalue weighted by molar-refractivity contribution is 5.78. The highest BCUT2D eigenvalue weighted by Crippen LogP contribution is 2.38. The fourth-order valence-electron chi connectivity index (χ4n) is 2.88. The molecule has 21 heavy (non-hydrogen) atoms. The lowest BCUT2D eigenvalue weighted by Crippen LogP contribution is -2.24. The second kappa shape index (κ2) is 6.85. The number of carbonyl (C=O) groups is 2. The van der Waals surface area contributed by atoms with E-state index in [2.05, 4.69) is 0 Å². The molecule has 0 bridgehead atoms. The Hall–Kier alpha value is -1.68. The number of carbonyl (C=O) groups excluding carboxylic acids is 2. The Kier molecular flexibility index (Phi) is 5.67. The molecule has 1 aromatic rings. The van der Waals surface area contributed by atoms with Crippen LogP contribution in [0.15, 0.2) is 12.1 Å². The molecule has 4 nitrogen and oxygen atoms in total. The number of hydrogen-bond donors (Lipinski definition) is 1. The molecule has 2 N–H and O–H groups in total. The fraction of sp³-hybridized carbons (Fsp3) is 0.529. The van der Waals surface area contributed by atoms with Gasteiger partial charge in [-0.1, -0.05) is 19.9 Å². The Labute approximate surface area is 126 Å². The van der Waals surface area contributed by atoms with E-state index in [1.807, 2.05) is 39.8 Å². The fourth-order valence-corrected chi connectivity index (χ4v) is 2.88. The van der Waals surface area contributed by atoms with E-state index in [9.17, 15) is 9.59 Å². The number of ether oxygens (including phenoxy) is 1. The first kappa shape index (κ1) is 17.4. The topological polar surface area (TPSA) is 69.4 Å². The average Bonchev–Trinajstić information content (AvgIpc) is 2.24. The van der Waals surface area contributed by atoms with Crippen LogP contribution in [0.1, 0.15) is 50.3 Å². The zero-order chi connectivity index (χ0) is 16.2. The van der Waals surface area contributed by atoms with Crippen molar-refractivity contribution in [3.05, 3.63) is 28.8 Å². The van der Waals surface area contributed by atoms with Crippen LogP contribution >= 0.6 is 0 Å². The standard InChI is InChI=1S/C17H25NO3/c1-11-8-12(2)16(17(4,5)10-13(3)19)14(9-11)21-15(20)6-7-18/h8-9H,6-7,10,18H2,1-5H3. The summed E-state index contributed by atoms with van der Waals surface area (Å²) in [5.74, 6) is 0.304. The molecule has 0 aromatic heterocycles. The van der Waals surface area contributed by atoms with Crippen molar-refractivity contribution < 1.29 is 14.3 Å². The van der Waals surface area contributed by atoms with E-state index in [4.69, 9.17) is 10.5 Å². The Morgan fingerprint density at radius 2 is 1.86 bits per heavy atom. The summed E-state index contributed by atoms with van der Waals surface area (Å²) in [4.78, 5) is 23.3. The molecule has 0 aliphatic carbocycles. The first-order valence-electron chi connectivity index (χ1n) is 7.19. The molecule has 0 saturated heterocycles. The number of benzene rings is 1. The van der Waals surface area contributed by atoms with Crippen molar-refractivity contribution in [2.24, 2.45) is 5.73 Å². The van der Waals surface area contributed by atoms with Gasteiger partial charge in [-0.15, -0.1) is 0 Å². The van der Waals surface area contributed by atoms with E-state index in [0.717, 1.165) is 16.7 Å². The zero-order valence-corrected chi connectivity index (χ0v) is 13.6. The number of nitrogens with two attached hydrogens (primary N) is 1. The summed E-state index contributed by atoms with van der Waals surface area (Å²) in [7, 11) is 0. The van der Waals surface area contributed by atoms with Gasteiger partial charge in [0.2, 0.25) is 0 Å². The van der Waals surface area contributed by atoms with E-state index >= 15 is 0 Å². The van der Waals surface area contributed by atoms with Gasteiger partial charge in [-0.2, -0.15) is 0 Å². The Morgan fingerprint density at radius 1 is 1.24 bits per heavy atom. The van der Waals surface area contributed by atoms with Crippen LogP contribution in [0.4, 0.5) is 0 Å². The van der Waals surface area contributed by atoms with Crippen molar-refractivity contribution in [2.45, 2.75) is 52.9 Å². The third kappa shape index (κ3) is 4.67. The molecule has 0 saturated carbocycles. The van der Waals surface area contributed by atoms with Crippen LogP contribution in [0.5, 0.6) is 5.75 Å². The Balaban J connectivity index is 3.29. The average molecular weight is 291 g/mol. The normalized spacial score (nSPS) is 11.3. The summed E-state index contributed by atoms with van der Waals surface area (Å²) in [5.41, 5.74) is 7.95. The lowest BCUT2D eigenvalue weighted by atomic mass is 9.77. The first-order chi connectivity index (χ1) is 9.67. The first-order valence-corrected chi connectivity index (χ1v) is 7.19.